The fourth-order valence-electron chi connectivity index (χ4n) is 1.72. The van der Waals surface area contributed by atoms with Crippen molar-refractivity contribution in [3.63, 3.8) is 0 Å². The molecule has 1 aliphatic rings. The molecule has 0 amide bonds. The molecule has 3 heteroatoms. The zero-order valence-electron chi connectivity index (χ0n) is 7.41. The largest absolute Gasteiger partial charge is 0.472 e. The van der Waals surface area contributed by atoms with Gasteiger partial charge >= 0.3 is 0 Å². The van der Waals surface area contributed by atoms with Crippen LogP contribution in [0.3, 0.4) is 0 Å². The standard InChI is InChI=1S/C10H13IO2/c11-6-9-2-1-3-10(13-9)8-4-5-12-7-8/h4-5,7,9-10H,1-3,6H2. The predicted molar refractivity (Wildman–Crippen MR) is 59.1 cm³/mol. The molecule has 0 aromatic carbocycles. The summed E-state index contributed by atoms with van der Waals surface area (Å²) >= 11 is 2.39. The Kier molecular flexibility index (Phi) is 3.27. The van der Waals surface area contributed by atoms with Gasteiger partial charge in [0.1, 0.15) is 0 Å². The third-order valence-electron chi connectivity index (χ3n) is 2.44. The summed E-state index contributed by atoms with van der Waals surface area (Å²) in [7, 11) is 0. The fourth-order valence-corrected chi connectivity index (χ4v) is 2.36. The molecule has 0 bridgehead atoms. The molecule has 2 rings (SSSR count). The average Bonchev–Trinajstić information content (AvgIpc) is 2.71. The van der Waals surface area contributed by atoms with Crippen molar-refractivity contribution in [3.8, 4) is 0 Å². The molecule has 0 saturated carbocycles. The highest BCUT2D eigenvalue weighted by Gasteiger charge is 2.23. The van der Waals surface area contributed by atoms with Crippen LogP contribution < -0.4 is 0 Å². The lowest BCUT2D eigenvalue weighted by molar-refractivity contribution is -0.0377. The van der Waals surface area contributed by atoms with Gasteiger partial charge in [0.15, 0.2) is 0 Å². The second kappa shape index (κ2) is 4.46. The molecule has 72 valence electrons. The fraction of sp³-hybridized carbons (Fsp3) is 0.600. The zero-order chi connectivity index (χ0) is 9.10. The topological polar surface area (TPSA) is 22.4 Å². The minimum absolute atomic E-state index is 0.271. The van der Waals surface area contributed by atoms with E-state index in [1.54, 1.807) is 12.5 Å². The summed E-state index contributed by atoms with van der Waals surface area (Å²) in [4.78, 5) is 0. The molecule has 2 unspecified atom stereocenters. The molecular weight excluding hydrogens is 279 g/mol. The Bertz CT molecular complexity index is 245. The van der Waals surface area contributed by atoms with E-state index in [1.807, 2.05) is 6.07 Å². The second-order valence-electron chi connectivity index (χ2n) is 3.39. The molecule has 1 fully saturated rings. The first kappa shape index (κ1) is 9.52. The number of hydrogen-bond donors (Lipinski definition) is 0. The van der Waals surface area contributed by atoms with Crippen molar-refractivity contribution < 1.29 is 9.15 Å². The quantitative estimate of drug-likeness (QED) is 0.616. The first-order chi connectivity index (χ1) is 6.40. The Morgan fingerprint density at radius 2 is 2.38 bits per heavy atom. The first-order valence-corrected chi connectivity index (χ1v) is 6.16. The molecule has 2 nitrogen and oxygen atoms in total. The van der Waals surface area contributed by atoms with E-state index in [0.717, 1.165) is 10.8 Å². The van der Waals surface area contributed by atoms with Crippen LogP contribution in [0.2, 0.25) is 0 Å². The van der Waals surface area contributed by atoms with E-state index in [9.17, 15) is 0 Å². The summed E-state index contributed by atoms with van der Waals surface area (Å²) in [5.74, 6) is 0. The normalized spacial score (nSPS) is 29.0. The Morgan fingerprint density at radius 3 is 3.08 bits per heavy atom. The molecule has 1 saturated heterocycles. The van der Waals surface area contributed by atoms with Gasteiger partial charge in [-0.2, -0.15) is 0 Å². The summed E-state index contributed by atoms with van der Waals surface area (Å²) in [6.45, 7) is 0. The molecule has 13 heavy (non-hydrogen) atoms. The molecule has 0 radical (unpaired) electrons. The highest BCUT2D eigenvalue weighted by atomic mass is 127. The van der Waals surface area contributed by atoms with Crippen molar-refractivity contribution in [2.45, 2.75) is 31.5 Å². The summed E-state index contributed by atoms with van der Waals surface area (Å²) in [6, 6.07) is 2.00. The zero-order valence-corrected chi connectivity index (χ0v) is 9.57. The van der Waals surface area contributed by atoms with Gasteiger partial charge in [0, 0.05) is 9.99 Å². The van der Waals surface area contributed by atoms with Crippen molar-refractivity contribution in [1.82, 2.24) is 0 Å². The van der Waals surface area contributed by atoms with Crippen LogP contribution >= 0.6 is 22.6 Å². The number of rotatable bonds is 2. The first-order valence-electron chi connectivity index (χ1n) is 4.63. The van der Waals surface area contributed by atoms with E-state index >= 15 is 0 Å². The van der Waals surface area contributed by atoms with Gasteiger partial charge in [0.05, 0.1) is 24.7 Å². The average molecular weight is 292 g/mol. The molecular formula is C10H13IO2. The lowest BCUT2D eigenvalue weighted by Crippen LogP contribution is -2.23. The number of ether oxygens (including phenoxy) is 1. The van der Waals surface area contributed by atoms with Crippen molar-refractivity contribution in [2.24, 2.45) is 0 Å². The highest BCUT2D eigenvalue weighted by molar-refractivity contribution is 14.1. The number of hydrogen-bond acceptors (Lipinski definition) is 2. The third-order valence-corrected chi connectivity index (χ3v) is 3.42. The number of furan rings is 1. The lowest BCUT2D eigenvalue weighted by Gasteiger charge is -2.28. The maximum atomic E-state index is 5.91. The molecule has 0 aliphatic carbocycles. The summed E-state index contributed by atoms with van der Waals surface area (Å²) in [5, 5.41) is 0. The van der Waals surface area contributed by atoms with Gasteiger partial charge in [0.2, 0.25) is 0 Å². The van der Waals surface area contributed by atoms with E-state index in [0.29, 0.717) is 6.10 Å². The van der Waals surface area contributed by atoms with E-state index in [-0.39, 0.29) is 6.10 Å². The van der Waals surface area contributed by atoms with Crippen molar-refractivity contribution in [2.75, 3.05) is 4.43 Å². The van der Waals surface area contributed by atoms with E-state index in [2.05, 4.69) is 22.6 Å². The van der Waals surface area contributed by atoms with E-state index in [4.69, 9.17) is 9.15 Å². The van der Waals surface area contributed by atoms with Gasteiger partial charge < -0.3 is 9.15 Å². The minimum atomic E-state index is 0.271. The molecule has 0 N–H and O–H groups in total. The molecule has 1 aromatic rings. The van der Waals surface area contributed by atoms with E-state index < -0.39 is 0 Å². The van der Waals surface area contributed by atoms with Crippen molar-refractivity contribution in [3.05, 3.63) is 24.2 Å². The van der Waals surface area contributed by atoms with Crippen LogP contribution in [0.5, 0.6) is 0 Å². The van der Waals surface area contributed by atoms with Gasteiger partial charge in [-0.3, -0.25) is 0 Å². The summed E-state index contributed by atoms with van der Waals surface area (Å²) in [5.41, 5.74) is 1.19. The highest BCUT2D eigenvalue weighted by Crippen LogP contribution is 2.31. The second-order valence-corrected chi connectivity index (χ2v) is 4.27. The van der Waals surface area contributed by atoms with Crippen LogP contribution in [0.4, 0.5) is 0 Å². The molecule has 2 atom stereocenters. The lowest BCUT2D eigenvalue weighted by atomic mass is 10.0. The molecule has 2 heterocycles. The van der Waals surface area contributed by atoms with Crippen LogP contribution in [0.15, 0.2) is 23.0 Å². The maximum Gasteiger partial charge on any atom is 0.0960 e. The number of alkyl halides is 1. The van der Waals surface area contributed by atoms with Crippen molar-refractivity contribution in [1.29, 1.82) is 0 Å². The number of halogens is 1. The monoisotopic (exact) mass is 292 g/mol. The maximum absolute atomic E-state index is 5.91. The van der Waals surface area contributed by atoms with Gasteiger partial charge in [-0.05, 0) is 25.3 Å². The minimum Gasteiger partial charge on any atom is -0.472 e. The van der Waals surface area contributed by atoms with Gasteiger partial charge in [-0.15, -0.1) is 0 Å². The van der Waals surface area contributed by atoms with E-state index in [1.165, 1.54) is 18.4 Å². The smallest absolute Gasteiger partial charge is 0.0960 e. The van der Waals surface area contributed by atoms with Crippen LogP contribution in [0.1, 0.15) is 30.9 Å². The Morgan fingerprint density at radius 1 is 1.46 bits per heavy atom. The van der Waals surface area contributed by atoms with Crippen LogP contribution in [0, 0.1) is 0 Å². The molecule has 0 spiro atoms. The van der Waals surface area contributed by atoms with Crippen LogP contribution in [-0.4, -0.2) is 10.5 Å². The summed E-state index contributed by atoms with van der Waals surface area (Å²) in [6.07, 6.45) is 7.82. The Balaban J connectivity index is 2.00. The van der Waals surface area contributed by atoms with Crippen LogP contribution in [0.25, 0.3) is 0 Å². The van der Waals surface area contributed by atoms with Gasteiger partial charge in [-0.1, -0.05) is 22.6 Å². The van der Waals surface area contributed by atoms with Gasteiger partial charge in [-0.25, -0.2) is 0 Å². The Hall–Kier alpha value is -0.0300. The third kappa shape index (κ3) is 2.26. The predicted octanol–water partition coefficient (Wildman–Crippen LogP) is 3.32. The molecule has 1 aromatic heterocycles. The molecule has 1 aliphatic heterocycles. The summed E-state index contributed by atoms with van der Waals surface area (Å²) < 4.78 is 12.1. The SMILES string of the molecule is ICC1CCCC(c2ccoc2)O1. The van der Waals surface area contributed by atoms with Gasteiger partial charge in [0.25, 0.3) is 0 Å². The van der Waals surface area contributed by atoms with Crippen molar-refractivity contribution >= 4 is 22.6 Å². The Labute approximate surface area is 91.8 Å². The van der Waals surface area contributed by atoms with Crippen LogP contribution in [-0.2, 0) is 4.74 Å².